The summed E-state index contributed by atoms with van der Waals surface area (Å²) in [5.74, 6) is -0.0853. The van der Waals surface area contributed by atoms with Gasteiger partial charge in [-0.1, -0.05) is 48.9 Å². The molecule has 2 aromatic carbocycles. The first-order valence-corrected chi connectivity index (χ1v) is 8.41. The van der Waals surface area contributed by atoms with E-state index in [1.807, 2.05) is 43.3 Å². The quantitative estimate of drug-likeness (QED) is 0.876. The third kappa shape index (κ3) is 3.65. The summed E-state index contributed by atoms with van der Waals surface area (Å²) in [5.41, 5.74) is 2.11. The van der Waals surface area contributed by atoms with Gasteiger partial charge in [-0.3, -0.25) is 9.59 Å². The Labute approximate surface area is 142 Å². The number of carbonyl (C=O) groups is 2. The molecule has 1 aliphatic carbocycles. The van der Waals surface area contributed by atoms with Gasteiger partial charge in [-0.2, -0.15) is 0 Å². The molecule has 0 spiro atoms. The molecule has 0 radical (unpaired) electrons. The molecule has 2 amide bonds. The number of benzene rings is 2. The molecule has 0 aromatic heterocycles. The minimum Gasteiger partial charge on any atom is -0.345 e. The van der Waals surface area contributed by atoms with Crippen LogP contribution in [-0.2, 0) is 4.79 Å². The first-order chi connectivity index (χ1) is 11.6. The molecular weight excluding hydrogens is 300 g/mol. The third-order valence-corrected chi connectivity index (χ3v) is 4.55. The van der Waals surface area contributed by atoms with E-state index in [9.17, 15) is 9.59 Å². The van der Waals surface area contributed by atoms with E-state index >= 15 is 0 Å². The van der Waals surface area contributed by atoms with Gasteiger partial charge in [-0.15, -0.1) is 0 Å². The van der Waals surface area contributed by atoms with E-state index in [0.29, 0.717) is 11.3 Å². The summed E-state index contributed by atoms with van der Waals surface area (Å²) in [5, 5.41) is 5.90. The molecule has 0 bridgehead atoms. The van der Waals surface area contributed by atoms with Crippen molar-refractivity contribution in [2.75, 3.05) is 5.32 Å². The molecule has 0 aliphatic heterocycles. The van der Waals surface area contributed by atoms with Crippen molar-refractivity contribution in [3.05, 3.63) is 65.7 Å². The van der Waals surface area contributed by atoms with Crippen LogP contribution in [0.5, 0.6) is 0 Å². The Kier molecular flexibility index (Phi) is 4.94. The number of para-hydroxylation sites is 1. The maximum atomic E-state index is 12.6. The molecule has 2 N–H and O–H groups in total. The Morgan fingerprint density at radius 1 is 1.00 bits per heavy atom. The van der Waals surface area contributed by atoms with Crippen molar-refractivity contribution in [1.29, 1.82) is 0 Å². The van der Waals surface area contributed by atoms with E-state index in [1.165, 1.54) is 0 Å². The molecule has 1 saturated carbocycles. The Morgan fingerprint density at radius 3 is 2.33 bits per heavy atom. The van der Waals surface area contributed by atoms with Gasteiger partial charge >= 0.3 is 0 Å². The smallest absolute Gasteiger partial charge is 0.253 e. The summed E-state index contributed by atoms with van der Waals surface area (Å²) in [4.78, 5) is 24.8. The summed E-state index contributed by atoms with van der Waals surface area (Å²) in [6.07, 6.45) is 2.98. The van der Waals surface area contributed by atoms with Gasteiger partial charge in [-0.05, 0) is 37.5 Å². The zero-order valence-electron chi connectivity index (χ0n) is 13.8. The highest BCUT2D eigenvalue weighted by atomic mass is 16.2. The SMILES string of the molecule is C[C@@H](NC(=O)c1ccccc1NC(=O)C1CCC1)c1ccccc1. The topological polar surface area (TPSA) is 58.2 Å². The number of amides is 2. The van der Waals surface area contributed by atoms with Crippen LogP contribution in [0, 0.1) is 5.92 Å². The number of hydrogen-bond acceptors (Lipinski definition) is 2. The van der Waals surface area contributed by atoms with Crippen LogP contribution in [-0.4, -0.2) is 11.8 Å². The number of carbonyl (C=O) groups excluding carboxylic acids is 2. The highest BCUT2D eigenvalue weighted by Crippen LogP contribution is 2.28. The number of hydrogen-bond donors (Lipinski definition) is 2. The molecule has 0 unspecified atom stereocenters. The van der Waals surface area contributed by atoms with E-state index in [4.69, 9.17) is 0 Å². The van der Waals surface area contributed by atoms with Crippen LogP contribution in [0.2, 0.25) is 0 Å². The molecule has 1 atom stereocenters. The lowest BCUT2D eigenvalue weighted by Gasteiger charge is -2.24. The Morgan fingerprint density at radius 2 is 1.67 bits per heavy atom. The summed E-state index contributed by atoms with van der Waals surface area (Å²) >= 11 is 0. The fourth-order valence-corrected chi connectivity index (χ4v) is 2.79. The largest absolute Gasteiger partial charge is 0.345 e. The number of nitrogens with one attached hydrogen (secondary N) is 2. The molecule has 124 valence electrons. The fourth-order valence-electron chi connectivity index (χ4n) is 2.79. The third-order valence-electron chi connectivity index (χ3n) is 4.55. The maximum absolute atomic E-state index is 12.6. The van der Waals surface area contributed by atoms with Crippen molar-refractivity contribution >= 4 is 17.5 Å². The summed E-state index contributed by atoms with van der Waals surface area (Å²) in [6.45, 7) is 1.95. The predicted molar refractivity (Wildman–Crippen MR) is 94.7 cm³/mol. The van der Waals surface area contributed by atoms with Crippen LogP contribution >= 0.6 is 0 Å². The van der Waals surface area contributed by atoms with Crippen LogP contribution in [0.15, 0.2) is 54.6 Å². The fraction of sp³-hybridized carbons (Fsp3) is 0.300. The second-order valence-electron chi connectivity index (χ2n) is 6.27. The van der Waals surface area contributed by atoms with Gasteiger partial charge in [0.25, 0.3) is 5.91 Å². The first kappa shape index (κ1) is 16.2. The molecule has 3 rings (SSSR count). The summed E-state index contributed by atoms with van der Waals surface area (Å²) in [7, 11) is 0. The zero-order valence-corrected chi connectivity index (χ0v) is 13.8. The van der Waals surface area contributed by atoms with Crippen molar-refractivity contribution in [2.45, 2.75) is 32.2 Å². The molecule has 0 saturated heterocycles. The van der Waals surface area contributed by atoms with Gasteiger partial charge < -0.3 is 10.6 Å². The first-order valence-electron chi connectivity index (χ1n) is 8.41. The molecule has 0 heterocycles. The van der Waals surface area contributed by atoms with E-state index < -0.39 is 0 Å². The molecule has 4 heteroatoms. The lowest BCUT2D eigenvalue weighted by atomic mass is 9.85. The van der Waals surface area contributed by atoms with Crippen LogP contribution in [0.4, 0.5) is 5.69 Å². The summed E-state index contributed by atoms with van der Waals surface area (Å²) < 4.78 is 0. The zero-order chi connectivity index (χ0) is 16.9. The molecule has 2 aromatic rings. The van der Waals surface area contributed by atoms with Gasteiger partial charge in [-0.25, -0.2) is 0 Å². The second kappa shape index (κ2) is 7.30. The van der Waals surface area contributed by atoms with Gasteiger partial charge in [0.15, 0.2) is 0 Å². The minimum atomic E-state index is -0.184. The Hall–Kier alpha value is -2.62. The van der Waals surface area contributed by atoms with Crippen molar-refractivity contribution in [1.82, 2.24) is 5.32 Å². The van der Waals surface area contributed by atoms with Crippen LogP contribution < -0.4 is 10.6 Å². The monoisotopic (exact) mass is 322 g/mol. The van der Waals surface area contributed by atoms with E-state index in [1.54, 1.807) is 18.2 Å². The number of anilines is 1. The molecule has 24 heavy (non-hydrogen) atoms. The maximum Gasteiger partial charge on any atom is 0.253 e. The number of rotatable bonds is 5. The second-order valence-corrected chi connectivity index (χ2v) is 6.27. The van der Waals surface area contributed by atoms with E-state index in [2.05, 4.69) is 10.6 Å². The van der Waals surface area contributed by atoms with Gasteiger partial charge in [0, 0.05) is 5.92 Å². The van der Waals surface area contributed by atoms with Crippen LogP contribution in [0.3, 0.4) is 0 Å². The predicted octanol–water partition coefficient (Wildman–Crippen LogP) is 3.92. The van der Waals surface area contributed by atoms with Crippen molar-refractivity contribution in [2.24, 2.45) is 5.92 Å². The van der Waals surface area contributed by atoms with Crippen LogP contribution in [0.25, 0.3) is 0 Å². The lowest BCUT2D eigenvalue weighted by Crippen LogP contribution is -2.31. The normalized spacial score (nSPS) is 15.2. The van der Waals surface area contributed by atoms with Crippen molar-refractivity contribution in [3.63, 3.8) is 0 Å². The van der Waals surface area contributed by atoms with Gasteiger partial charge in [0.1, 0.15) is 0 Å². The lowest BCUT2D eigenvalue weighted by molar-refractivity contribution is -0.122. The van der Waals surface area contributed by atoms with Crippen molar-refractivity contribution in [3.8, 4) is 0 Å². The highest BCUT2D eigenvalue weighted by Gasteiger charge is 2.26. The molecular formula is C20H22N2O2. The van der Waals surface area contributed by atoms with Gasteiger partial charge in [0.2, 0.25) is 5.91 Å². The molecule has 4 nitrogen and oxygen atoms in total. The van der Waals surface area contributed by atoms with E-state index in [-0.39, 0.29) is 23.8 Å². The summed E-state index contributed by atoms with van der Waals surface area (Å²) in [6, 6.07) is 16.9. The Balaban J connectivity index is 1.71. The molecule has 1 fully saturated rings. The average Bonchev–Trinajstić information content (AvgIpc) is 2.54. The standard InChI is InChI=1S/C20H22N2O2/c1-14(15-8-3-2-4-9-15)21-20(24)17-12-5-6-13-18(17)22-19(23)16-10-7-11-16/h2-6,8-9,12-14,16H,7,10-11H2,1H3,(H,21,24)(H,22,23)/t14-/m1/s1. The minimum absolute atomic E-state index is 0.0117. The van der Waals surface area contributed by atoms with E-state index in [0.717, 1.165) is 24.8 Å². The Bertz CT molecular complexity index is 723. The van der Waals surface area contributed by atoms with Crippen molar-refractivity contribution < 1.29 is 9.59 Å². The highest BCUT2D eigenvalue weighted by molar-refractivity contribution is 6.04. The average molecular weight is 322 g/mol. The van der Waals surface area contributed by atoms with Crippen LogP contribution in [0.1, 0.15) is 48.1 Å². The molecule has 1 aliphatic rings. The van der Waals surface area contributed by atoms with Gasteiger partial charge in [0.05, 0.1) is 17.3 Å².